The van der Waals surface area contributed by atoms with E-state index in [-0.39, 0.29) is 6.04 Å². The highest BCUT2D eigenvalue weighted by molar-refractivity contribution is 9.10. The molecule has 2 aliphatic rings. The van der Waals surface area contributed by atoms with Crippen molar-refractivity contribution < 1.29 is 4.74 Å². The zero-order valence-electron chi connectivity index (χ0n) is 12.9. The second kappa shape index (κ2) is 6.70. The number of hydrogen-bond acceptors (Lipinski definition) is 2. The Labute approximate surface area is 136 Å². The smallest absolute Gasteiger partial charge is 0.119 e. The van der Waals surface area contributed by atoms with Crippen LogP contribution in [0.4, 0.5) is 0 Å². The van der Waals surface area contributed by atoms with Gasteiger partial charge in [0.15, 0.2) is 0 Å². The predicted molar refractivity (Wildman–Crippen MR) is 90.5 cm³/mol. The molecule has 21 heavy (non-hydrogen) atoms. The van der Waals surface area contributed by atoms with Gasteiger partial charge < -0.3 is 10.5 Å². The van der Waals surface area contributed by atoms with Gasteiger partial charge in [-0.2, -0.15) is 0 Å². The van der Waals surface area contributed by atoms with Crippen LogP contribution in [0.15, 0.2) is 22.7 Å². The first-order valence-electron chi connectivity index (χ1n) is 8.32. The molecule has 0 aromatic heterocycles. The molecule has 4 unspecified atom stereocenters. The minimum Gasteiger partial charge on any atom is -0.493 e. The van der Waals surface area contributed by atoms with Crippen molar-refractivity contribution >= 4 is 15.9 Å². The highest BCUT2D eigenvalue weighted by atomic mass is 79.9. The van der Waals surface area contributed by atoms with E-state index in [4.69, 9.17) is 10.5 Å². The monoisotopic (exact) mass is 351 g/mol. The summed E-state index contributed by atoms with van der Waals surface area (Å²) in [5, 5.41) is 0. The van der Waals surface area contributed by atoms with E-state index in [0.29, 0.717) is 0 Å². The lowest BCUT2D eigenvalue weighted by atomic mass is 9.89. The molecule has 2 bridgehead atoms. The fourth-order valence-electron chi connectivity index (χ4n) is 4.01. The van der Waals surface area contributed by atoms with E-state index in [2.05, 4.69) is 41.1 Å². The number of benzene rings is 1. The van der Waals surface area contributed by atoms with Crippen LogP contribution in [0.2, 0.25) is 0 Å². The van der Waals surface area contributed by atoms with Gasteiger partial charge in [-0.3, -0.25) is 0 Å². The van der Waals surface area contributed by atoms with E-state index in [1.807, 2.05) is 0 Å². The van der Waals surface area contributed by atoms with E-state index in [1.165, 1.54) is 31.2 Å². The van der Waals surface area contributed by atoms with Gasteiger partial charge in [0.1, 0.15) is 5.75 Å². The number of hydrogen-bond donors (Lipinski definition) is 1. The zero-order valence-corrected chi connectivity index (χ0v) is 14.4. The van der Waals surface area contributed by atoms with Gasteiger partial charge >= 0.3 is 0 Å². The first-order valence-corrected chi connectivity index (χ1v) is 9.11. The van der Waals surface area contributed by atoms with Crippen LogP contribution in [-0.4, -0.2) is 12.6 Å². The van der Waals surface area contributed by atoms with Gasteiger partial charge in [-0.25, -0.2) is 0 Å². The van der Waals surface area contributed by atoms with Crippen LogP contribution in [0.3, 0.4) is 0 Å². The molecule has 2 N–H and O–H groups in total. The summed E-state index contributed by atoms with van der Waals surface area (Å²) < 4.78 is 7.23. The predicted octanol–water partition coefficient (Wildman–Crippen LogP) is 4.54. The molecule has 1 aromatic carbocycles. The average molecular weight is 352 g/mol. The second-order valence-corrected chi connectivity index (χ2v) is 7.73. The molecule has 0 aliphatic heterocycles. The van der Waals surface area contributed by atoms with Crippen LogP contribution in [0.1, 0.15) is 44.6 Å². The van der Waals surface area contributed by atoms with Crippen molar-refractivity contribution in [3.8, 4) is 5.75 Å². The van der Waals surface area contributed by atoms with Crippen molar-refractivity contribution in [2.45, 2.75) is 51.5 Å². The summed E-state index contributed by atoms with van der Waals surface area (Å²) in [5.74, 6) is 3.71. The Balaban J connectivity index is 1.59. The lowest BCUT2D eigenvalue weighted by Crippen LogP contribution is -2.21. The third-order valence-electron chi connectivity index (χ3n) is 5.37. The lowest BCUT2D eigenvalue weighted by molar-refractivity contribution is 0.195. The van der Waals surface area contributed by atoms with E-state index < -0.39 is 0 Å². The zero-order chi connectivity index (χ0) is 14.8. The molecule has 2 fully saturated rings. The van der Waals surface area contributed by atoms with Gasteiger partial charge in [0.25, 0.3) is 0 Å². The fraction of sp³-hybridized carbons (Fsp3) is 0.667. The minimum atomic E-state index is 0.224. The van der Waals surface area contributed by atoms with Gasteiger partial charge in [0.05, 0.1) is 6.61 Å². The molecule has 0 amide bonds. The molecule has 4 atom stereocenters. The summed E-state index contributed by atoms with van der Waals surface area (Å²) in [6, 6.07) is 6.54. The molecule has 116 valence electrons. The number of halogens is 1. The molecular weight excluding hydrogens is 326 g/mol. The largest absolute Gasteiger partial charge is 0.493 e. The summed E-state index contributed by atoms with van der Waals surface area (Å²) in [7, 11) is 0. The summed E-state index contributed by atoms with van der Waals surface area (Å²) in [6.07, 6.45) is 7.62. The molecule has 2 aliphatic carbocycles. The summed E-state index contributed by atoms with van der Waals surface area (Å²) >= 11 is 3.62. The summed E-state index contributed by atoms with van der Waals surface area (Å²) in [6.45, 7) is 3.02. The van der Waals surface area contributed by atoms with Crippen LogP contribution >= 0.6 is 15.9 Å². The number of ether oxygens (including phenoxy) is 1. The average Bonchev–Trinajstić information content (AvgIpc) is 3.10. The number of rotatable bonds is 6. The van der Waals surface area contributed by atoms with Crippen LogP contribution in [-0.2, 0) is 6.42 Å². The Hall–Kier alpha value is -0.540. The first-order chi connectivity index (χ1) is 10.2. The number of nitrogens with two attached hydrogens (primary N) is 1. The standard InChI is InChI=1S/C18H26BrNO/c1-2-16(20)9-14-10-17(5-6-18(14)19)21-11-15-8-12-3-4-13(15)7-12/h5-6,10,12-13,15-16H,2-4,7-9,11,20H2,1H3. The van der Waals surface area contributed by atoms with Crippen LogP contribution in [0.5, 0.6) is 5.75 Å². The van der Waals surface area contributed by atoms with Crippen LogP contribution < -0.4 is 10.5 Å². The van der Waals surface area contributed by atoms with Crippen molar-refractivity contribution in [1.82, 2.24) is 0 Å². The van der Waals surface area contributed by atoms with E-state index in [1.54, 1.807) is 0 Å². The normalized spacial score (nSPS) is 28.8. The van der Waals surface area contributed by atoms with E-state index in [0.717, 1.165) is 47.4 Å². The minimum absolute atomic E-state index is 0.224. The molecule has 0 radical (unpaired) electrons. The van der Waals surface area contributed by atoms with Crippen molar-refractivity contribution in [3.63, 3.8) is 0 Å². The third kappa shape index (κ3) is 3.62. The quantitative estimate of drug-likeness (QED) is 0.816. The Morgan fingerprint density at radius 1 is 1.33 bits per heavy atom. The Kier molecular flexibility index (Phi) is 4.90. The topological polar surface area (TPSA) is 35.2 Å². The molecule has 2 nitrogen and oxygen atoms in total. The van der Waals surface area contributed by atoms with Gasteiger partial charge in [0.2, 0.25) is 0 Å². The molecule has 0 spiro atoms. The van der Waals surface area contributed by atoms with Crippen LogP contribution in [0, 0.1) is 17.8 Å². The molecular formula is C18H26BrNO. The van der Waals surface area contributed by atoms with E-state index >= 15 is 0 Å². The summed E-state index contributed by atoms with van der Waals surface area (Å²) in [5.41, 5.74) is 7.34. The maximum atomic E-state index is 6.09. The van der Waals surface area contributed by atoms with Crippen molar-refractivity contribution in [2.75, 3.05) is 6.61 Å². The highest BCUT2D eigenvalue weighted by Gasteiger charge is 2.39. The van der Waals surface area contributed by atoms with Crippen LogP contribution in [0.25, 0.3) is 0 Å². The lowest BCUT2D eigenvalue weighted by Gasteiger charge is -2.22. The Morgan fingerprint density at radius 2 is 2.19 bits per heavy atom. The molecule has 2 saturated carbocycles. The fourth-order valence-corrected chi connectivity index (χ4v) is 4.42. The molecule has 3 rings (SSSR count). The summed E-state index contributed by atoms with van der Waals surface area (Å²) in [4.78, 5) is 0. The molecule has 1 aromatic rings. The van der Waals surface area contributed by atoms with E-state index in [9.17, 15) is 0 Å². The first kappa shape index (κ1) is 15.4. The third-order valence-corrected chi connectivity index (χ3v) is 6.15. The van der Waals surface area contributed by atoms with Gasteiger partial charge in [-0.05, 0) is 73.6 Å². The number of fused-ring (bicyclic) bond motifs is 2. The van der Waals surface area contributed by atoms with Crippen molar-refractivity contribution in [1.29, 1.82) is 0 Å². The molecule has 0 heterocycles. The molecule has 3 heteroatoms. The van der Waals surface area contributed by atoms with Crippen molar-refractivity contribution in [2.24, 2.45) is 23.5 Å². The second-order valence-electron chi connectivity index (χ2n) is 6.87. The Morgan fingerprint density at radius 3 is 2.86 bits per heavy atom. The van der Waals surface area contributed by atoms with Gasteiger partial charge in [0, 0.05) is 10.5 Å². The van der Waals surface area contributed by atoms with Gasteiger partial charge in [-0.15, -0.1) is 0 Å². The van der Waals surface area contributed by atoms with Crippen molar-refractivity contribution in [3.05, 3.63) is 28.2 Å². The maximum absolute atomic E-state index is 6.09. The Bertz CT molecular complexity index is 490. The molecule has 0 saturated heterocycles. The van der Waals surface area contributed by atoms with Gasteiger partial charge in [-0.1, -0.05) is 29.3 Å². The maximum Gasteiger partial charge on any atom is 0.119 e. The highest BCUT2D eigenvalue weighted by Crippen LogP contribution is 2.48. The SMILES string of the molecule is CCC(N)Cc1cc(OCC2CC3CCC2C3)ccc1Br.